The third-order valence-corrected chi connectivity index (χ3v) is 4.22. The summed E-state index contributed by atoms with van der Waals surface area (Å²) in [6.07, 6.45) is 5.59. The third-order valence-electron chi connectivity index (χ3n) is 4.22. The van der Waals surface area contributed by atoms with Gasteiger partial charge in [0, 0.05) is 37.3 Å². The zero-order valence-corrected chi connectivity index (χ0v) is 13.9. The molecule has 1 fully saturated rings. The van der Waals surface area contributed by atoms with Gasteiger partial charge in [-0.05, 0) is 12.1 Å². The normalized spacial score (nSPS) is 14.8. The second-order valence-electron chi connectivity index (χ2n) is 6.04. The summed E-state index contributed by atoms with van der Waals surface area (Å²) in [6.45, 7) is 2.49. The fourth-order valence-electron chi connectivity index (χ4n) is 2.87. The Labute approximate surface area is 144 Å². The van der Waals surface area contributed by atoms with E-state index in [0.717, 1.165) is 27.9 Å². The molecule has 0 bridgehead atoms. The molecule has 1 aliphatic heterocycles. The van der Waals surface area contributed by atoms with Crippen molar-refractivity contribution in [3.05, 3.63) is 36.4 Å². The summed E-state index contributed by atoms with van der Waals surface area (Å²) in [4.78, 5) is 23.0. The number of rotatable bonds is 3. The molecule has 0 radical (unpaired) electrons. The van der Waals surface area contributed by atoms with E-state index < -0.39 is 0 Å². The summed E-state index contributed by atoms with van der Waals surface area (Å²) >= 11 is 0. The molecule has 3 aromatic heterocycles. The first-order chi connectivity index (χ1) is 12.2. The summed E-state index contributed by atoms with van der Waals surface area (Å²) in [6, 6.07) is 3.91. The molecule has 4 rings (SSSR count). The molecule has 0 unspecified atom stereocenters. The molecule has 0 saturated carbocycles. The highest BCUT2D eigenvalue weighted by molar-refractivity contribution is 5.84. The first kappa shape index (κ1) is 15.6. The van der Waals surface area contributed by atoms with Crippen LogP contribution in [0.25, 0.3) is 22.2 Å². The number of carbonyl (C=O) groups is 1. The van der Waals surface area contributed by atoms with Gasteiger partial charge in [0.2, 0.25) is 5.91 Å². The monoisotopic (exact) mass is 338 g/mol. The lowest BCUT2D eigenvalue weighted by atomic mass is 10.1. The van der Waals surface area contributed by atoms with Crippen molar-refractivity contribution in [3.63, 3.8) is 0 Å². The topological polar surface area (TPSA) is 86.0 Å². The Bertz CT molecular complexity index is 916. The van der Waals surface area contributed by atoms with E-state index in [2.05, 4.69) is 20.3 Å². The van der Waals surface area contributed by atoms with E-state index in [-0.39, 0.29) is 12.3 Å². The Morgan fingerprint density at radius 1 is 1.20 bits per heavy atom. The number of aryl methyl sites for hydroxylation is 1. The van der Waals surface area contributed by atoms with Crippen molar-refractivity contribution >= 4 is 16.8 Å². The molecule has 0 atom stereocenters. The van der Waals surface area contributed by atoms with Crippen LogP contribution in [0.4, 0.5) is 0 Å². The standard InChI is InChI=1S/C17H18N6O2/c1-22-11-16(20-21-22)13-6-12-7-14(18-10-15(12)19-9-13)8-17(24)23-2-4-25-5-3-23/h6-7,9-11H,2-5,8H2,1H3. The van der Waals surface area contributed by atoms with Gasteiger partial charge in [-0.3, -0.25) is 19.4 Å². The van der Waals surface area contributed by atoms with E-state index in [4.69, 9.17) is 4.74 Å². The lowest BCUT2D eigenvalue weighted by Gasteiger charge is -2.26. The molecule has 25 heavy (non-hydrogen) atoms. The van der Waals surface area contributed by atoms with Gasteiger partial charge in [-0.15, -0.1) is 5.10 Å². The summed E-state index contributed by atoms with van der Waals surface area (Å²) in [5, 5.41) is 8.99. The highest BCUT2D eigenvalue weighted by Gasteiger charge is 2.17. The van der Waals surface area contributed by atoms with Gasteiger partial charge in [0.1, 0.15) is 5.69 Å². The van der Waals surface area contributed by atoms with Crippen LogP contribution in [0.15, 0.2) is 30.7 Å². The number of fused-ring (bicyclic) bond motifs is 1. The second kappa shape index (κ2) is 6.56. The van der Waals surface area contributed by atoms with Crippen LogP contribution < -0.4 is 0 Å². The molecule has 0 spiro atoms. The quantitative estimate of drug-likeness (QED) is 0.703. The molecule has 3 aromatic rings. The summed E-state index contributed by atoms with van der Waals surface area (Å²) in [5.41, 5.74) is 3.18. The molecule has 4 heterocycles. The van der Waals surface area contributed by atoms with E-state index in [9.17, 15) is 4.79 Å². The number of ether oxygens (including phenoxy) is 1. The summed E-state index contributed by atoms with van der Waals surface area (Å²) < 4.78 is 6.94. The number of nitrogens with zero attached hydrogens (tertiary/aromatic N) is 6. The lowest BCUT2D eigenvalue weighted by Crippen LogP contribution is -2.41. The largest absolute Gasteiger partial charge is 0.378 e. The maximum atomic E-state index is 12.4. The van der Waals surface area contributed by atoms with Gasteiger partial charge >= 0.3 is 0 Å². The van der Waals surface area contributed by atoms with Gasteiger partial charge in [0.25, 0.3) is 0 Å². The van der Waals surface area contributed by atoms with E-state index >= 15 is 0 Å². The Hall–Kier alpha value is -2.87. The zero-order valence-electron chi connectivity index (χ0n) is 13.9. The SMILES string of the molecule is Cn1cc(-c2cnc3cnc(CC(=O)N4CCOCC4)cc3c2)nn1. The highest BCUT2D eigenvalue weighted by atomic mass is 16.5. The average Bonchev–Trinajstić information content (AvgIpc) is 3.08. The molecule has 0 aliphatic carbocycles. The Morgan fingerprint density at radius 3 is 2.80 bits per heavy atom. The van der Waals surface area contributed by atoms with Gasteiger partial charge in [-0.2, -0.15) is 0 Å². The van der Waals surface area contributed by atoms with Crippen molar-refractivity contribution in [3.8, 4) is 11.3 Å². The molecule has 8 nitrogen and oxygen atoms in total. The number of aromatic nitrogens is 5. The van der Waals surface area contributed by atoms with Gasteiger partial charge in [-0.1, -0.05) is 5.21 Å². The van der Waals surface area contributed by atoms with Crippen LogP contribution in [0, 0.1) is 0 Å². The lowest BCUT2D eigenvalue weighted by molar-refractivity contribution is -0.134. The number of carbonyl (C=O) groups excluding carboxylic acids is 1. The van der Waals surface area contributed by atoms with Crippen molar-refractivity contribution in [1.29, 1.82) is 0 Å². The van der Waals surface area contributed by atoms with Crippen LogP contribution in [-0.2, 0) is 23.0 Å². The van der Waals surface area contributed by atoms with E-state index in [1.54, 1.807) is 17.1 Å². The van der Waals surface area contributed by atoms with Crippen molar-refractivity contribution in [2.24, 2.45) is 7.05 Å². The minimum atomic E-state index is 0.0770. The minimum Gasteiger partial charge on any atom is -0.378 e. The van der Waals surface area contributed by atoms with Crippen LogP contribution in [0.3, 0.4) is 0 Å². The van der Waals surface area contributed by atoms with Gasteiger partial charge < -0.3 is 9.64 Å². The molecule has 128 valence electrons. The average molecular weight is 338 g/mol. The number of amides is 1. The smallest absolute Gasteiger partial charge is 0.228 e. The van der Waals surface area contributed by atoms with Crippen molar-refractivity contribution in [2.75, 3.05) is 26.3 Å². The molecule has 1 saturated heterocycles. The molecule has 0 N–H and O–H groups in total. The Balaban J connectivity index is 1.59. The molecular formula is C17H18N6O2. The Morgan fingerprint density at radius 2 is 2.04 bits per heavy atom. The fourth-order valence-corrected chi connectivity index (χ4v) is 2.87. The highest BCUT2D eigenvalue weighted by Crippen LogP contribution is 2.21. The van der Waals surface area contributed by atoms with Crippen LogP contribution in [-0.4, -0.2) is 62.1 Å². The molecular weight excluding hydrogens is 320 g/mol. The van der Waals surface area contributed by atoms with Gasteiger partial charge in [-0.25, -0.2) is 0 Å². The molecule has 8 heteroatoms. The fraction of sp³-hybridized carbons (Fsp3) is 0.353. The van der Waals surface area contributed by atoms with Crippen LogP contribution >= 0.6 is 0 Å². The molecule has 0 aromatic carbocycles. The minimum absolute atomic E-state index is 0.0770. The van der Waals surface area contributed by atoms with E-state index in [1.807, 2.05) is 30.3 Å². The summed E-state index contributed by atoms with van der Waals surface area (Å²) in [5.74, 6) is 0.0770. The number of pyridine rings is 2. The van der Waals surface area contributed by atoms with Crippen LogP contribution in [0.1, 0.15) is 5.69 Å². The number of hydrogen-bond donors (Lipinski definition) is 0. The van der Waals surface area contributed by atoms with Crippen molar-refractivity contribution < 1.29 is 9.53 Å². The number of hydrogen-bond acceptors (Lipinski definition) is 6. The predicted octanol–water partition coefficient (Wildman–Crippen LogP) is 0.827. The third kappa shape index (κ3) is 3.34. The first-order valence-electron chi connectivity index (χ1n) is 8.16. The van der Waals surface area contributed by atoms with Crippen LogP contribution in [0.5, 0.6) is 0 Å². The Kier molecular flexibility index (Phi) is 4.10. The summed E-state index contributed by atoms with van der Waals surface area (Å²) in [7, 11) is 1.82. The second-order valence-corrected chi connectivity index (χ2v) is 6.04. The van der Waals surface area contributed by atoms with E-state index in [1.165, 1.54) is 0 Å². The van der Waals surface area contributed by atoms with E-state index in [0.29, 0.717) is 26.3 Å². The van der Waals surface area contributed by atoms with Crippen LogP contribution in [0.2, 0.25) is 0 Å². The zero-order chi connectivity index (χ0) is 17.2. The van der Waals surface area contributed by atoms with Crippen molar-refractivity contribution in [1.82, 2.24) is 29.9 Å². The van der Waals surface area contributed by atoms with Gasteiger partial charge in [0.15, 0.2) is 0 Å². The maximum absolute atomic E-state index is 12.4. The first-order valence-corrected chi connectivity index (χ1v) is 8.16. The van der Waals surface area contributed by atoms with Crippen molar-refractivity contribution in [2.45, 2.75) is 6.42 Å². The molecule has 1 amide bonds. The predicted molar refractivity (Wildman–Crippen MR) is 90.6 cm³/mol. The number of morpholine rings is 1. The van der Waals surface area contributed by atoms with Gasteiger partial charge in [0.05, 0.1) is 43.2 Å². The molecule has 1 aliphatic rings. The maximum Gasteiger partial charge on any atom is 0.228 e.